The quantitative estimate of drug-likeness (QED) is 0.193. The molecule has 1 aromatic heterocycles. The molecule has 1 heterocycles. The molecule has 0 saturated heterocycles. The third-order valence-corrected chi connectivity index (χ3v) is 7.43. The maximum absolute atomic E-state index is 9.61. The van der Waals surface area contributed by atoms with Gasteiger partial charge < -0.3 is 9.32 Å². The van der Waals surface area contributed by atoms with E-state index in [1.807, 2.05) is 0 Å². The number of hydrogen-bond acceptors (Lipinski definition) is 2. The normalized spacial score (nSPS) is 18.2. The van der Waals surface area contributed by atoms with Crippen molar-refractivity contribution in [2.75, 3.05) is 4.90 Å². The molecule has 0 bridgehead atoms. The third kappa shape index (κ3) is 4.35. The number of anilines is 3. The van der Waals surface area contributed by atoms with Gasteiger partial charge in [-0.15, -0.1) is 0 Å². The van der Waals surface area contributed by atoms with E-state index in [-0.39, 0.29) is 11.1 Å². The topological polar surface area (TPSA) is 16.4 Å². The van der Waals surface area contributed by atoms with E-state index in [4.69, 9.17) is 20.9 Å². The van der Waals surface area contributed by atoms with E-state index in [2.05, 4.69) is 0 Å². The molecule has 9 rings (SSSR count). The summed E-state index contributed by atoms with van der Waals surface area (Å²) in [5, 5.41) is -0.736. The highest BCUT2D eigenvalue weighted by molar-refractivity contribution is 6.19. The lowest BCUT2D eigenvalue weighted by Gasteiger charge is -2.26. The van der Waals surface area contributed by atoms with Crippen molar-refractivity contribution in [1.82, 2.24) is 0 Å². The van der Waals surface area contributed by atoms with E-state index in [0.29, 0.717) is 15.7 Å². The summed E-state index contributed by atoms with van der Waals surface area (Å²) in [5.74, 6) is 0. The maximum Gasteiger partial charge on any atom is 0.143 e. The molecule has 2 nitrogen and oxygen atoms in total. The largest absolute Gasteiger partial charge is 0.455 e. The summed E-state index contributed by atoms with van der Waals surface area (Å²) in [5.41, 5.74) is -5.18. The summed E-state index contributed by atoms with van der Waals surface area (Å²) >= 11 is 0. The summed E-state index contributed by atoms with van der Waals surface area (Å²) in [4.78, 5) is 0.616. The van der Waals surface area contributed by atoms with E-state index in [9.17, 15) is 13.7 Å². The predicted molar refractivity (Wildman–Crippen MR) is 194 cm³/mol. The molecular weight excluding hydrogens is 558 g/mol. The number of fused-ring (bicyclic) bond motifs is 6. The summed E-state index contributed by atoms with van der Waals surface area (Å²) < 4.78 is 204. The van der Waals surface area contributed by atoms with Gasteiger partial charge in [-0.2, -0.15) is 0 Å². The van der Waals surface area contributed by atoms with Crippen LogP contribution in [0.3, 0.4) is 0 Å². The lowest BCUT2D eigenvalue weighted by atomic mass is 9.98. The molecule has 46 heavy (non-hydrogen) atoms. The number of nitrogens with zero attached hydrogens (tertiary/aromatic N) is 1. The summed E-state index contributed by atoms with van der Waals surface area (Å²) in [6, 6.07) is -7.11. The second-order valence-corrected chi connectivity index (χ2v) is 10.0. The van der Waals surface area contributed by atoms with Crippen molar-refractivity contribution in [3.05, 3.63) is 175 Å². The van der Waals surface area contributed by atoms with Crippen molar-refractivity contribution in [3.8, 4) is 22.3 Å². The Morgan fingerprint density at radius 3 is 1.98 bits per heavy atom. The van der Waals surface area contributed by atoms with Gasteiger partial charge >= 0.3 is 0 Å². The van der Waals surface area contributed by atoms with Gasteiger partial charge in [-0.05, 0) is 80.7 Å². The van der Waals surface area contributed by atoms with Gasteiger partial charge in [-0.3, -0.25) is 0 Å². The zero-order valence-corrected chi connectivity index (χ0v) is 23.4. The first-order chi connectivity index (χ1) is 32.0. The minimum Gasteiger partial charge on any atom is -0.455 e. The minimum absolute atomic E-state index is 0.211. The molecule has 0 aliphatic rings. The zero-order chi connectivity index (χ0) is 49.6. The average molecular weight is 610 g/mol. The molecule has 0 fully saturated rings. The van der Waals surface area contributed by atoms with Crippen LogP contribution in [0.25, 0.3) is 65.7 Å². The summed E-state index contributed by atoms with van der Waals surface area (Å²) in [6.45, 7) is 0. The maximum atomic E-state index is 9.61. The van der Waals surface area contributed by atoms with Crippen LogP contribution in [-0.2, 0) is 0 Å². The zero-order valence-electron chi connectivity index (χ0n) is 45.4. The van der Waals surface area contributed by atoms with Crippen molar-refractivity contribution in [1.29, 1.82) is 0 Å². The van der Waals surface area contributed by atoms with Gasteiger partial charge in [0.25, 0.3) is 0 Å². The van der Waals surface area contributed by atoms with Crippen LogP contribution in [-0.4, -0.2) is 0 Å². The van der Waals surface area contributed by atoms with Crippen molar-refractivity contribution >= 4 is 60.5 Å². The van der Waals surface area contributed by atoms with E-state index < -0.39 is 194 Å². The van der Waals surface area contributed by atoms with Gasteiger partial charge in [-0.25, -0.2) is 0 Å². The highest BCUT2D eigenvalue weighted by Gasteiger charge is 2.20. The summed E-state index contributed by atoms with van der Waals surface area (Å²) in [6.07, 6.45) is 0. The Hall–Kier alpha value is -6.12. The Morgan fingerprint density at radius 1 is 0.457 bits per heavy atom. The van der Waals surface area contributed by atoms with Gasteiger partial charge in [0.2, 0.25) is 0 Å². The molecule has 0 amide bonds. The smallest absolute Gasteiger partial charge is 0.143 e. The molecule has 0 N–H and O–H groups in total. The van der Waals surface area contributed by atoms with E-state index in [1.54, 1.807) is 42.5 Å². The molecule has 216 valence electrons. The van der Waals surface area contributed by atoms with Gasteiger partial charge in [-0.1, -0.05) is 133 Å². The van der Waals surface area contributed by atoms with E-state index in [0.717, 1.165) is 0 Å². The van der Waals surface area contributed by atoms with Gasteiger partial charge in [0, 0.05) is 22.1 Å². The van der Waals surface area contributed by atoms with Crippen LogP contribution in [0.4, 0.5) is 17.1 Å². The van der Waals surface area contributed by atoms with Crippen molar-refractivity contribution < 1.29 is 34.6 Å². The van der Waals surface area contributed by atoms with Crippen molar-refractivity contribution in [2.24, 2.45) is 0 Å². The summed E-state index contributed by atoms with van der Waals surface area (Å²) in [7, 11) is 0. The standard InChI is InChI=1S/C44H29NO/c1-2-10-30(11-3-1)31-20-25-35(26-21-31)45(36-27-22-34(23-28-36)38-17-8-14-32-12-4-6-15-37(32)38)41-18-9-19-42-43(41)40-29-24-33-13-5-7-16-39(33)44(40)46-42/h1-29H/i1D,2D,3D,5D,7D,9D,10D,11D,13D,16D,18D,19D,20D,21D,22D,23D,24D,25D,26D,27D,28D,29D. The predicted octanol–water partition coefficient (Wildman–Crippen LogP) is 12.7. The fourth-order valence-corrected chi connectivity index (χ4v) is 5.37. The van der Waals surface area contributed by atoms with Crippen LogP contribution >= 0.6 is 0 Å². The molecule has 9 aromatic rings. The first kappa shape index (κ1) is 12.3. The fraction of sp³-hybridized carbons (Fsp3) is 0. The van der Waals surface area contributed by atoms with Gasteiger partial charge in [0.15, 0.2) is 0 Å². The molecule has 2 heteroatoms. The Bertz CT molecular complexity index is 3700. The Kier molecular flexibility index (Phi) is 2.90. The van der Waals surface area contributed by atoms with Gasteiger partial charge in [0.1, 0.15) is 11.2 Å². The molecule has 0 aliphatic heterocycles. The second-order valence-electron chi connectivity index (χ2n) is 10.0. The second kappa shape index (κ2) is 10.8. The minimum atomic E-state index is -1.09. The first-order valence-corrected chi connectivity index (χ1v) is 13.9. The Balaban J connectivity index is 1.51. The number of hydrogen-bond donors (Lipinski definition) is 0. The van der Waals surface area contributed by atoms with E-state index >= 15 is 0 Å². The molecule has 0 unspecified atom stereocenters. The van der Waals surface area contributed by atoms with Crippen LogP contribution < -0.4 is 4.90 Å². The van der Waals surface area contributed by atoms with Crippen LogP contribution in [0, 0.1) is 0 Å². The van der Waals surface area contributed by atoms with E-state index in [1.165, 1.54) is 0 Å². The third-order valence-electron chi connectivity index (χ3n) is 7.43. The molecule has 0 spiro atoms. The number of benzene rings is 8. The lowest BCUT2D eigenvalue weighted by molar-refractivity contribution is 0.672. The highest BCUT2D eigenvalue weighted by atomic mass is 16.3. The van der Waals surface area contributed by atoms with Crippen LogP contribution in [0.1, 0.15) is 30.2 Å². The van der Waals surface area contributed by atoms with Crippen LogP contribution in [0.15, 0.2) is 180 Å². The first-order valence-electron chi connectivity index (χ1n) is 24.9. The molecule has 0 atom stereocenters. The van der Waals surface area contributed by atoms with Crippen molar-refractivity contribution in [3.63, 3.8) is 0 Å². The molecular formula is C44H29NO. The highest BCUT2D eigenvalue weighted by Crippen LogP contribution is 2.45. The van der Waals surface area contributed by atoms with Crippen LogP contribution in [0.5, 0.6) is 0 Å². The van der Waals surface area contributed by atoms with Crippen molar-refractivity contribution in [2.45, 2.75) is 0 Å². The fourth-order valence-electron chi connectivity index (χ4n) is 5.37. The molecule has 8 aromatic carbocycles. The molecule has 0 aliphatic carbocycles. The average Bonchev–Trinajstić information content (AvgIpc) is 3.72. The SMILES string of the molecule is [2H]c1c([2H])c([2H])c(-c2c([2H])c([2H])c(N(c3c([2H])c([2H])c(-c4cccc5ccccc45)c([2H])c3[2H])c3c([2H])c([2H])c([2H])c4oc5c6c([2H])c([2H])c([2H])c([2H])c6c([2H])c([2H])c5c34)c([2H])c2[2H])c([2H])c1[2H]. The number of rotatable bonds is 5. The molecule has 0 radical (unpaired) electrons. The Morgan fingerprint density at radius 2 is 1.15 bits per heavy atom. The number of furan rings is 1. The van der Waals surface area contributed by atoms with Gasteiger partial charge in [0.05, 0.1) is 41.2 Å². The lowest BCUT2D eigenvalue weighted by Crippen LogP contribution is -2.10. The Labute approximate surface area is 298 Å². The monoisotopic (exact) mass is 609 g/mol. The van der Waals surface area contributed by atoms with Crippen LogP contribution in [0.2, 0.25) is 0 Å². The molecule has 0 saturated carbocycles.